The van der Waals surface area contributed by atoms with Gasteiger partial charge in [0.2, 0.25) is 10.0 Å². The number of sulfonamides is 1. The largest absolute Gasteiger partial charge is 0.395 e. The summed E-state index contributed by atoms with van der Waals surface area (Å²) in [7, 11) is -3.49. The second kappa shape index (κ2) is 5.27. The lowest BCUT2D eigenvalue weighted by Gasteiger charge is -2.13. The Morgan fingerprint density at radius 1 is 1.50 bits per heavy atom. The molecule has 0 aliphatic heterocycles. The van der Waals surface area contributed by atoms with Crippen molar-refractivity contribution in [2.24, 2.45) is 0 Å². The van der Waals surface area contributed by atoms with Gasteiger partial charge in [-0.05, 0) is 26.3 Å². The van der Waals surface area contributed by atoms with E-state index in [0.717, 1.165) is 9.75 Å². The first kappa shape index (κ1) is 13.6. The van der Waals surface area contributed by atoms with Crippen LogP contribution in [0.4, 0.5) is 0 Å². The Balaban J connectivity index is 2.98. The molecule has 0 amide bonds. The minimum Gasteiger partial charge on any atom is -0.395 e. The summed E-state index contributed by atoms with van der Waals surface area (Å²) in [6, 6.07) is 1.25. The number of aryl methyl sites for hydroxylation is 2. The fourth-order valence-electron chi connectivity index (χ4n) is 1.41. The zero-order valence-electron chi connectivity index (χ0n) is 9.65. The number of rotatable bonds is 5. The SMILES string of the molecule is CC[C@@H](CO)NS(=O)(=O)c1cc(C)sc1C. The van der Waals surface area contributed by atoms with E-state index in [1.165, 1.54) is 11.3 Å². The lowest BCUT2D eigenvalue weighted by atomic mass is 10.3. The monoisotopic (exact) mass is 263 g/mol. The van der Waals surface area contributed by atoms with Crippen molar-refractivity contribution < 1.29 is 13.5 Å². The summed E-state index contributed by atoms with van der Waals surface area (Å²) in [5.74, 6) is 0. The van der Waals surface area contributed by atoms with Gasteiger partial charge in [-0.1, -0.05) is 6.92 Å². The summed E-state index contributed by atoms with van der Waals surface area (Å²) in [6.45, 7) is 5.30. The summed E-state index contributed by atoms with van der Waals surface area (Å²) in [5, 5.41) is 8.99. The quantitative estimate of drug-likeness (QED) is 0.844. The Morgan fingerprint density at radius 3 is 2.50 bits per heavy atom. The highest BCUT2D eigenvalue weighted by molar-refractivity contribution is 7.89. The molecule has 0 bridgehead atoms. The van der Waals surface area contributed by atoms with Crippen LogP contribution in [-0.4, -0.2) is 26.2 Å². The van der Waals surface area contributed by atoms with Gasteiger partial charge in [0.1, 0.15) is 0 Å². The first-order valence-corrected chi connectivity index (χ1v) is 7.41. The van der Waals surface area contributed by atoms with Crippen LogP contribution in [0, 0.1) is 13.8 Å². The van der Waals surface area contributed by atoms with Crippen LogP contribution in [0.3, 0.4) is 0 Å². The summed E-state index contributed by atoms with van der Waals surface area (Å²) in [4.78, 5) is 2.06. The number of aliphatic hydroxyl groups excluding tert-OH is 1. The Labute approximate surface area is 100 Å². The number of hydrogen-bond donors (Lipinski definition) is 2. The van der Waals surface area contributed by atoms with Crippen molar-refractivity contribution in [3.05, 3.63) is 15.8 Å². The average Bonchev–Trinajstić information content (AvgIpc) is 2.55. The highest BCUT2D eigenvalue weighted by Gasteiger charge is 2.21. The molecule has 0 saturated heterocycles. The van der Waals surface area contributed by atoms with E-state index >= 15 is 0 Å². The molecule has 92 valence electrons. The molecule has 1 heterocycles. The van der Waals surface area contributed by atoms with E-state index in [1.54, 1.807) is 13.0 Å². The molecule has 1 aromatic rings. The maximum Gasteiger partial charge on any atom is 0.242 e. The van der Waals surface area contributed by atoms with E-state index < -0.39 is 16.1 Å². The fraction of sp³-hybridized carbons (Fsp3) is 0.600. The third kappa shape index (κ3) is 3.04. The van der Waals surface area contributed by atoms with Crippen molar-refractivity contribution in [3.8, 4) is 0 Å². The molecule has 0 saturated carbocycles. The van der Waals surface area contributed by atoms with Gasteiger partial charge in [0.05, 0.1) is 11.5 Å². The highest BCUT2D eigenvalue weighted by Crippen LogP contribution is 2.24. The third-order valence-electron chi connectivity index (χ3n) is 2.32. The molecule has 2 N–H and O–H groups in total. The molecule has 0 aliphatic rings. The van der Waals surface area contributed by atoms with Crippen molar-refractivity contribution in [2.45, 2.75) is 38.1 Å². The lowest BCUT2D eigenvalue weighted by Crippen LogP contribution is -2.36. The van der Waals surface area contributed by atoms with Gasteiger partial charge in [0.25, 0.3) is 0 Å². The van der Waals surface area contributed by atoms with Crippen molar-refractivity contribution >= 4 is 21.4 Å². The molecule has 1 rings (SSSR count). The maximum absolute atomic E-state index is 12.0. The minimum absolute atomic E-state index is 0.183. The van der Waals surface area contributed by atoms with Gasteiger partial charge >= 0.3 is 0 Å². The van der Waals surface area contributed by atoms with Crippen LogP contribution < -0.4 is 4.72 Å². The Morgan fingerprint density at radius 2 is 2.12 bits per heavy atom. The molecule has 0 spiro atoms. The van der Waals surface area contributed by atoms with Gasteiger partial charge in [-0.15, -0.1) is 11.3 Å². The van der Waals surface area contributed by atoms with E-state index in [0.29, 0.717) is 11.3 Å². The van der Waals surface area contributed by atoms with Gasteiger partial charge < -0.3 is 5.11 Å². The smallest absolute Gasteiger partial charge is 0.242 e. The zero-order chi connectivity index (χ0) is 12.3. The van der Waals surface area contributed by atoms with Crippen LogP contribution in [-0.2, 0) is 10.0 Å². The van der Waals surface area contributed by atoms with E-state index in [4.69, 9.17) is 5.11 Å². The molecule has 0 fully saturated rings. The molecular formula is C10H17NO3S2. The van der Waals surface area contributed by atoms with Crippen molar-refractivity contribution in [2.75, 3.05) is 6.61 Å². The normalized spacial score (nSPS) is 14.0. The van der Waals surface area contributed by atoms with E-state index in [9.17, 15) is 8.42 Å². The lowest BCUT2D eigenvalue weighted by molar-refractivity contribution is 0.254. The average molecular weight is 263 g/mol. The topological polar surface area (TPSA) is 66.4 Å². The number of thiophene rings is 1. The standard InChI is InChI=1S/C10H17NO3S2/c1-4-9(6-12)11-16(13,14)10-5-7(2)15-8(10)3/h5,9,11-12H,4,6H2,1-3H3/t9-/m0/s1. The highest BCUT2D eigenvalue weighted by atomic mass is 32.2. The third-order valence-corrected chi connectivity index (χ3v) is 5.06. The molecule has 0 aromatic carbocycles. The van der Waals surface area contributed by atoms with Crippen molar-refractivity contribution in [1.29, 1.82) is 0 Å². The van der Waals surface area contributed by atoms with Gasteiger partial charge in [-0.25, -0.2) is 13.1 Å². The summed E-state index contributed by atoms with van der Waals surface area (Å²) in [5.41, 5.74) is 0. The van der Waals surface area contributed by atoms with Crippen LogP contribution in [0.5, 0.6) is 0 Å². The maximum atomic E-state index is 12.0. The Kier molecular flexibility index (Phi) is 4.49. The van der Waals surface area contributed by atoms with Gasteiger partial charge in [0.15, 0.2) is 0 Å². The Bertz CT molecular complexity index is 447. The molecule has 16 heavy (non-hydrogen) atoms. The molecule has 0 aliphatic carbocycles. The van der Waals surface area contributed by atoms with Gasteiger partial charge in [0, 0.05) is 15.8 Å². The van der Waals surface area contributed by atoms with Gasteiger partial charge in [-0.2, -0.15) is 0 Å². The molecule has 0 radical (unpaired) electrons. The van der Waals surface area contributed by atoms with E-state index in [2.05, 4.69) is 4.72 Å². The van der Waals surface area contributed by atoms with E-state index in [1.807, 2.05) is 13.8 Å². The molecule has 1 atom stereocenters. The molecule has 1 aromatic heterocycles. The number of hydrogen-bond acceptors (Lipinski definition) is 4. The zero-order valence-corrected chi connectivity index (χ0v) is 11.3. The first-order chi connectivity index (χ1) is 7.40. The van der Waals surface area contributed by atoms with Crippen molar-refractivity contribution in [1.82, 2.24) is 4.72 Å². The molecule has 6 heteroatoms. The van der Waals surface area contributed by atoms with Crippen LogP contribution >= 0.6 is 11.3 Å². The first-order valence-electron chi connectivity index (χ1n) is 5.11. The predicted octanol–water partition coefficient (Wildman–Crippen LogP) is 1.41. The van der Waals surface area contributed by atoms with Gasteiger partial charge in [-0.3, -0.25) is 0 Å². The Hall–Kier alpha value is -0.430. The fourth-order valence-corrected chi connectivity index (χ4v) is 4.27. The molecular weight excluding hydrogens is 246 g/mol. The predicted molar refractivity (Wildman–Crippen MR) is 65.3 cm³/mol. The summed E-state index contributed by atoms with van der Waals surface area (Å²) in [6.07, 6.45) is 0.567. The number of nitrogens with one attached hydrogen (secondary N) is 1. The summed E-state index contributed by atoms with van der Waals surface area (Å²) >= 11 is 1.46. The second-order valence-corrected chi connectivity index (χ2v) is 6.83. The van der Waals surface area contributed by atoms with Crippen LogP contribution in [0.15, 0.2) is 11.0 Å². The number of aliphatic hydroxyl groups is 1. The summed E-state index contributed by atoms with van der Waals surface area (Å²) < 4.78 is 26.4. The van der Waals surface area contributed by atoms with Crippen LogP contribution in [0.25, 0.3) is 0 Å². The second-order valence-electron chi connectivity index (χ2n) is 3.69. The molecule has 4 nitrogen and oxygen atoms in total. The minimum atomic E-state index is -3.49. The molecule has 0 unspecified atom stereocenters. The van der Waals surface area contributed by atoms with Crippen LogP contribution in [0.2, 0.25) is 0 Å². The van der Waals surface area contributed by atoms with Crippen LogP contribution in [0.1, 0.15) is 23.1 Å². The van der Waals surface area contributed by atoms with Crippen molar-refractivity contribution in [3.63, 3.8) is 0 Å². The van der Waals surface area contributed by atoms with E-state index in [-0.39, 0.29) is 6.61 Å².